The van der Waals surface area contributed by atoms with Crippen molar-refractivity contribution in [1.29, 1.82) is 0 Å². The number of aliphatic hydroxyl groups is 2. The molecule has 3 aliphatic carbocycles. The molecule has 0 spiro atoms. The molecule has 0 radical (unpaired) electrons. The topological polar surface area (TPSA) is 110 Å². The molecule has 2 N–H and O–H groups in total. The molecule has 166 valence electrons. The lowest BCUT2D eigenvalue weighted by Crippen LogP contribution is -2.65. The van der Waals surface area contributed by atoms with Crippen LogP contribution in [0.2, 0.25) is 0 Å². The maximum atomic E-state index is 12.8. The normalized spacial score (nSPS) is 49.8. The smallest absolute Gasteiger partial charge is 0.333 e. The lowest BCUT2D eigenvalue weighted by Gasteiger charge is -2.61. The molecule has 1 aliphatic heterocycles. The fraction of sp³-hybridized carbons (Fsp3) is 0.773. The second-order valence-corrected chi connectivity index (χ2v) is 10.3. The molecular formula is C22H29ClO7. The van der Waals surface area contributed by atoms with Crippen molar-refractivity contribution >= 4 is 29.3 Å². The molecule has 8 heteroatoms. The summed E-state index contributed by atoms with van der Waals surface area (Å²) in [5.41, 5.74) is -2.31. The number of hydrogen-bond donors (Lipinski definition) is 2. The number of esters is 2. The van der Waals surface area contributed by atoms with Crippen molar-refractivity contribution in [2.24, 2.45) is 28.6 Å². The van der Waals surface area contributed by atoms with Gasteiger partial charge >= 0.3 is 11.9 Å². The number of ketones is 1. The van der Waals surface area contributed by atoms with Gasteiger partial charge in [-0.3, -0.25) is 9.59 Å². The molecule has 4 rings (SSSR count). The summed E-state index contributed by atoms with van der Waals surface area (Å²) >= 11 is 6.65. The number of carbonyl (C=O) groups excluding carboxylic acids is 3. The second kappa shape index (κ2) is 6.78. The molecule has 0 saturated heterocycles. The zero-order valence-electron chi connectivity index (χ0n) is 17.7. The van der Waals surface area contributed by atoms with E-state index in [0.29, 0.717) is 31.3 Å². The lowest BCUT2D eigenvalue weighted by atomic mass is 9.46. The number of rotatable bonds is 2. The molecule has 0 aromatic rings. The maximum absolute atomic E-state index is 12.8. The Labute approximate surface area is 180 Å². The van der Waals surface area contributed by atoms with E-state index in [4.69, 9.17) is 21.1 Å². The van der Waals surface area contributed by atoms with Gasteiger partial charge in [-0.25, -0.2) is 4.79 Å². The first-order valence-electron chi connectivity index (χ1n) is 10.5. The average Bonchev–Trinajstić information content (AvgIpc) is 2.95. The van der Waals surface area contributed by atoms with Crippen LogP contribution < -0.4 is 0 Å². The Balaban J connectivity index is 1.81. The first-order valence-corrected chi connectivity index (χ1v) is 11.0. The van der Waals surface area contributed by atoms with Crippen LogP contribution in [0.4, 0.5) is 0 Å². The first kappa shape index (κ1) is 21.8. The van der Waals surface area contributed by atoms with E-state index >= 15 is 0 Å². The number of halogens is 1. The van der Waals surface area contributed by atoms with Crippen LogP contribution in [0, 0.1) is 28.6 Å². The van der Waals surface area contributed by atoms with Gasteiger partial charge in [0.15, 0.2) is 11.4 Å². The number of hydrogen-bond acceptors (Lipinski definition) is 7. The number of cyclic esters (lactones) is 1. The summed E-state index contributed by atoms with van der Waals surface area (Å²) in [5.74, 6) is -2.03. The van der Waals surface area contributed by atoms with Crippen LogP contribution in [0.25, 0.3) is 0 Å². The van der Waals surface area contributed by atoms with E-state index in [1.165, 1.54) is 19.9 Å². The molecule has 0 bridgehead atoms. The van der Waals surface area contributed by atoms with Crippen LogP contribution in [-0.2, 0) is 23.9 Å². The fourth-order valence-corrected chi connectivity index (χ4v) is 7.74. The van der Waals surface area contributed by atoms with Crippen molar-refractivity contribution in [3.05, 3.63) is 11.6 Å². The molecule has 3 saturated carbocycles. The van der Waals surface area contributed by atoms with E-state index in [1.807, 2.05) is 13.8 Å². The van der Waals surface area contributed by atoms with E-state index in [0.717, 1.165) is 0 Å². The Kier molecular flexibility index (Phi) is 4.92. The van der Waals surface area contributed by atoms with Gasteiger partial charge in [-0.05, 0) is 62.9 Å². The Morgan fingerprint density at radius 2 is 1.80 bits per heavy atom. The minimum atomic E-state index is -1.36. The third-order valence-electron chi connectivity index (χ3n) is 8.74. The minimum absolute atomic E-state index is 0.140. The predicted molar refractivity (Wildman–Crippen MR) is 106 cm³/mol. The molecule has 0 aromatic heterocycles. The third-order valence-corrected chi connectivity index (χ3v) is 9.23. The number of ether oxygens (including phenoxy) is 2. The SMILES string of the molecule is CC(=O)O[C@]1(C(C)=O)CC[C@H]2[C@@H]3C(O)[C@@H](Cl)C4=CC(=O)OC(O)[C@]4(C)[C@H]3CC[C@@]21C. The van der Waals surface area contributed by atoms with E-state index in [1.54, 1.807) is 0 Å². The molecule has 1 heterocycles. The van der Waals surface area contributed by atoms with Crippen molar-refractivity contribution in [2.75, 3.05) is 0 Å². The molecule has 9 atom stereocenters. The van der Waals surface area contributed by atoms with Crippen molar-refractivity contribution in [1.82, 2.24) is 0 Å². The summed E-state index contributed by atoms with van der Waals surface area (Å²) in [4.78, 5) is 36.6. The number of aliphatic hydroxyl groups excluding tert-OH is 2. The van der Waals surface area contributed by atoms with Gasteiger partial charge in [0.1, 0.15) is 0 Å². The van der Waals surface area contributed by atoms with Crippen molar-refractivity contribution in [2.45, 2.75) is 76.8 Å². The maximum Gasteiger partial charge on any atom is 0.333 e. The van der Waals surface area contributed by atoms with Crippen LogP contribution in [0.15, 0.2) is 11.6 Å². The Bertz CT molecular complexity index is 839. The van der Waals surface area contributed by atoms with Crippen LogP contribution in [0.3, 0.4) is 0 Å². The molecule has 4 aliphatic rings. The van der Waals surface area contributed by atoms with E-state index in [-0.39, 0.29) is 23.5 Å². The summed E-state index contributed by atoms with van der Waals surface area (Å²) in [6.07, 6.45) is 1.11. The van der Waals surface area contributed by atoms with E-state index in [9.17, 15) is 24.6 Å². The van der Waals surface area contributed by atoms with Crippen LogP contribution >= 0.6 is 11.6 Å². The van der Waals surface area contributed by atoms with Crippen LogP contribution in [0.5, 0.6) is 0 Å². The number of Topliss-reactive ketones (excluding diaryl/α,β-unsaturated/α-hetero) is 1. The van der Waals surface area contributed by atoms with Gasteiger partial charge in [-0.1, -0.05) is 6.92 Å². The van der Waals surface area contributed by atoms with Gasteiger partial charge in [0.05, 0.1) is 16.9 Å². The summed E-state index contributed by atoms with van der Waals surface area (Å²) in [6.45, 7) is 6.56. The van der Waals surface area contributed by atoms with Gasteiger partial charge in [0.25, 0.3) is 0 Å². The zero-order chi connectivity index (χ0) is 22.2. The minimum Gasteiger partial charge on any atom is -0.451 e. The van der Waals surface area contributed by atoms with Crippen LogP contribution in [0.1, 0.15) is 53.4 Å². The second-order valence-electron chi connectivity index (χ2n) is 9.83. The molecule has 0 aromatic carbocycles. The zero-order valence-corrected chi connectivity index (χ0v) is 18.4. The first-order chi connectivity index (χ1) is 13.9. The van der Waals surface area contributed by atoms with Gasteiger partial charge in [-0.15, -0.1) is 11.6 Å². The largest absolute Gasteiger partial charge is 0.451 e. The Morgan fingerprint density at radius 3 is 2.40 bits per heavy atom. The van der Waals surface area contributed by atoms with Crippen molar-refractivity contribution in [3.63, 3.8) is 0 Å². The number of carbonyl (C=O) groups is 3. The highest BCUT2D eigenvalue weighted by Gasteiger charge is 2.71. The van der Waals surface area contributed by atoms with Crippen LogP contribution in [-0.4, -0.2) is 51.3 Å². The molecule has 7 nitrogen and oxygen atoms in total. The molecule has 30 heavy (non-hydrogen) atoms. The highest BCUT2D eigenvalue weighted by Crippen LogP contribution is 2.68. The third kappa shape index (κ3) is 2.55. The summed E-state index contributed by atoms with van der Waals surface area (Å²) in [5, 5.41) is 21.1. The van der Waals surface area contributed by atoms with E-state index < -0.39 is 46.1 Å². The summed E-state index contributed by atoms with van der Waals surface area (Å²) < 4.78 is 10.8. The van der Waals surface area contributed by atoms with Gasteiger partial charge in [0.2, 0.25) is 6.29 Å². The molecular weight excluding hydrogens is 412 g/mol. The van der Waals surface area contributed by atoms with Gasteiger partial charge in [0, 0.05) is 18.4 Å². The summed E-state index contributed by atoms with van der Waals surface area (Å²) in [7, 11) is 0. The molecule has 0 amide bonds. The van der Waals surface area contributed by atoms with Gasteiger partial charge in [-0.2, -0.15) is 0 Å². The molecule has 2 unspecified atom stereocenters. The lowest BCUT2D eigenvalue weighted by molar-refractivity contribution is -0.224. The quantitative estimate of drug-likeness (QED) is 0.499. The Hall–Kier alpha value is -1.44. The fourth-order valence-electron chi connectivity index (χ4n) is 7.28. The predicted octanol–water partition coefficient (Wildman–Crippen LogP) is 2.11. The average molecular weight is 441 g/mol. The Morgan fingerprint density at radius 1 is 1.17 bits per heavy atom. The van der Waals surface area contributed by atoms with Crippen molar-refractivity contribution < 1.29 is 34.1 Å². The van der Waals surface area contributed by atoms with Gasteiger partial charge < -0.3 is 19.7 Å². The highest BCUT2D eigenvalue weighted by atomic mass is 35.5. The summed E-state index contributed by atoms with van der Waals surface area (Å²) in [6, 6.07) is 0. The number of alkyl halides is 1. The van der Waals surface area contributed by atoms with Crippen molar-refractivity contribution in [3.8, 4) is 0 Å². The van der Waals surface area contributed by atoms with E-state index in [2.05, 4.69) is 0 Å². The standard InChI is InChI=1S/C22H29ClO7/c1-10(24)22(30-11(2)25)8-6-12-16-13(5-7-20(12,22)3)21(4)14(17(23)18(16)27)9-15(26)29-19(21)28/h9,12-13,16-19,27-28H,5-8H2,1-4H3/t12-,13-,16-,17-,18?,19?,20-,21+,22-/m0/s1. The highest BCUT2D eigenvalue weighted by molar-refractivity contribution is 6.23. The monoisotopic (exact) mass is 440 g/mol. The number of fused-ring (bicyclic) bond motifs is 5. The molecule has 3 fully saturated rings.